The van der Waals surface area contributed by atoms with E-state index in [1.165, 1.54) is 0 Å². The molecule has 0 amide bonds. The lowest BCUT2D eigenvalue weighted by atomic mass is 9.75. The van der Waals surface area contributed by atoms with Gasteiger partial charge in [0.15, 0.2) is 0 Å². The summed E-state index contributed by atoms with van der Waals surface area (Å²) >= 11 is 0. The molecule has 1 aliphatic heterocycles. The summed E-state index contributed by atoms with van der Waals surface area (Å²) in [4.78, 5) is 0. The third kappa shape index (κ3) is 2.59. The van der Waals surface area contributed by atoms with Gasteiger partial charge in [-0.3, -0.25) is 0 Å². The summed E-state index contributed by atoms with van der Waals surface area (Å²) in [6.07, 6.45) is 0. The van der Waals surface area contributed by atoms with Crippen molar-refractivity contribution in [3.05, 3.63) is 23.8 Å². The molecule has 3 nitrogen and oxygen atoms in total. The molecule has 0 bridgehead atoms. The molecule has 0 aromatic heterocycles. The Morgan fingerprint density at radius 2 is 1.50 bits per heavy atom. The second kappa shape index (κ2) is 4.50. The van der Waals surface area contributed by atoms with Crippen LogP contribution in [0.5, 0.6) is 5.75 Å². The van der Waals surface area contributed by atoms with Gasteiger partial charge in [0.1, 0.15) is 5.75 Å². The van der Waals surface area contributed by atoms with E-state index < -0.39 is 18.3 Å². The predicted molar refractivity (Wildman–Crippen MR) is 82.5 cm³/mol. The predicted octanol–water partition coefficient (Wildman–Crippen LogP) is 2.99. The Balaban J connectivity index is 2.40. The fourth-order valence-electron chi connectivity index (χ4n) is 2.18. The highest BCUT2D eigenvalue weighted by Crippen LogP contribution is 2.37. The van der Waals surface area contributed by atoms with E-state index in [4.69, 9.17) is 9.31 Å². The Morgan fingerprint density at radius 1 is 1.00 bits per heavy atom. The highest BCUT2D eigenvalue weighted by molar-refractivity contribution is 6.63. The summed E-state index contributed by atoms with van der Waals surface area (Å²) in [5, 5.41) is 10.1. The third-order valence-electron chi connectivity index (χ3n) is 4.40. The minimum absolute atomic E-state index is 0.0199. The van der Waals surface area contributed by atoms with Crippen LogP contribution in [0.25, 0.3) is 0 Å². The van der Waals surface area contributed by atoms with E-state index in [9.17, 15) is 5.11 Å². The first-order chi connectivity index (χ1) is 8.94. The summed E-state index contributed by atoms with van der Waals surface area (Å²) in [6.45, 7) is 14.5. The maximum Gasteiger partial charge on any atom is 0.498 e. The van der Waals surface area contributed by atoms with Crippen LogP contribution >= 0.6 is 0 Å². The average Bonchev–Trinajstić information content (AvgIpc) is 2.46. The van der Waals surface area contributed by atoms with Gasteiger partial charge in [-0.25, -0.2) is 0 Å². The summed E-state index contributed by atoms with van der Waals surface area (Å²) in [7, 11) is -0.526. The molecule has 0 saturated carbocycles. The van der Waals surface area contributed by atoms with Crippen molar-refractivity contribution in [2.45, 2.75) is 65.1 Å². The lowest BCUT2D eigenvalue weighted by molar-refractivity contribution is 0.00578. The van der Waals surface area contributed by atoms with Crippen molar-refractivity contribution in [1.29, 1.82) is 0 Å². The number of hydrogen-bond donors (Lipinski definition) is 1. The number of phenols is 1. The molecule has 4 heteroatoms. The molecule has 0 unspecified atom stereocenters. The molecule has 1 aliphatic rings. The van der Waals surface area contributed by atoms with Crippen LogP contribution in [0, 0.1) is 0 Å². The molecule has 0 spiro atoms. The van der Waals surface area contributed by atoms with Gasteiger partial charge in [-0.2, -0.15) is 0 Å². The van der Waals surface area contributed by atoms with E-state index in [0.29, 0.717) is 5.46 Å². The van der Waals surface area contributed by atoms with Crippen LogP contribution in [0.1, 0.15) is 54.0 Å². The Labute approximate surface area is 122 Å². The van der Waals surface area contributed by atoms with E-state index in [1.54, 1.807) is 6.07 Å². The zero-order chi connectivity index (χ0) is 15.3. The van der Waals surface area contributed by atoms with E-state index in [0.717, 1.165) is 5.56 Å². The van der Waals surface area contributed by atoms with Gasteiger partial charge in [0.05, 0.1) is 11.2 Å². The zero-order valence-corrected chi connectivity index (χ0v) is 13.6. The lowest BCUT2D eigenvalue weighted by Gasteiger charge is -2.32. The minimum atomic E-state index is -0.526. The molecule has 0 radical (unpaired) electrons. The first-order valence-corrected chi connectivity index (χ1v) is 7.13. The Bertz CT molecular complexity index is 499. The standard InChI is InChI=1S/C16H25BO3/c1-14(2,3)11-8-9-13(18)12(10-11)17-19-15(4,5)16(6,7)20-17/h8-10,18H,1-7H3. The molecule has 1 aromatic carbocycles. The van der Waals surface area contributed by atoms with Gasteiger partial charge in [-0.15, -0.1) is 0 Å². The van der Waals surface area contributed by atoms with Crippen LogP contribution in [0.2, 0.25) is 0 Å². The molecule has 1 saturated heterocycles. The SMILES string of the molecule is CC(C)(C)c1ccc(O)c(B2OC(C)(C)C(C)(C)O2)c1. The van der Waals surface area contributed by atoms with E-state index in [-0.39, 0.29) is 11.2 Å². The number of benzene rings is 1. The second-order valence-electron chi connectivity index (χ2n) is 7.61. The third-order valence-corrected chi connectivity index (χ3v) is 4.40. The molecular formula is C16H25BO3. The van der Waals surface area contributed by atoms with Crippen LogP contribution in [-0.4, -0.2) is 23.4 Å². The molecule has 0 aliphatic carbocycles. The summed E-state index contributed by atoms with van der Waals surface area (Å²) in [6, 6.07) is 5.66. The van der Waals surface area contributed by atoms with Crippen molar-refractivity contribution >= 4 is 12.6 Å². The largest absolute Gasteiger partial charge is 0.508 e. The number of phenolic OH excluding ortho intramolecular Hbond substituents is 1. The molecule has 0 atom stereocenters. The number of aromatic hydroxyl groups is 1. The van der Waals surface area contributed by atoms with Gasteiger partial charge >= 0.3 is 7.12 Å². The normalized spacial score (nSPS) is 21.2. The first-order valence-electron chi connectivity index (χ1n) is 7.13. The summed E-state index contributed by atoms with van der Waals surface area (Å²) < 4.78 is 12.0. The smallest absolute Gasteiger partial charge is 0.498 e. The van der Waals surface area contributed by atoms with Crippen molar-refractivity contribution in [3.63, 3.8) is 0 Å². The van der Waals surface area contributed by atoms with Crippen molar-refractivity contribution in [3.8, 4) is 5.75 Å². The molecule has 1 aromatic rings. The maximum absolute atomic E-state index is 10.1. The summed E-state index contributed by atoms with van der Waals surface area (Å²) in [5.41, 5.74) is 1.08. The molecule has 1 fully saturated rings. The molecule has 2 rings (SSSR count). The lowest BCUT2D eigenvalue weighted by Crippen LogP contribution is -2.41. The van der Waals surface area contributed by atoms with E-state index in [1.807, 2.05) is 39.8 Å². The monoisotopic (exact) mass is 276 g/mol. The van der Waals surface area contributed by atoms with Crippen LogP contribution in [0.15, 0.2) is 18.2 Å². The quantitative estimate of drug-likeness (QED) is 0.801. The number of rotatable bonds is 1. The van der Waals surface area contributed by atoms with Gasteiger partial charge < -0.3 is 14.4 Å². The van der Waals surface area contributed by atoms with Gasteiger partial charge in [-0.1, -0.05) is 32.9 Å². The van der Waals surface area contributed by atoms with Gasteiger partial charge in [0.25, 0.3) is 0 Å². The van der Waals surface area contributed by atoms with Crippen molar-refractivity contribution in [2.24, 2.45) is 0 Å². The van der Waals surface area contributed by atoms with Crippen molar-refractivity contribution in [1.82, 2.24) is 0 Å². The van der Waals surface area contributed by atoms with Crippen molar-refractivity contribution < 1.29 is 14.4 Å². The first kappa shape index (κ1) is 15.4. The fourth-order valence-corrected chi connectivity index (χ4v) is 2.18. The molecule has 1 N–H and O–H groups in total. The van der Waals surface area contributed by atoms with Gasteiger partial charge in [0, 0.05) is 5.46 Å². The molecule has 110 valence electrons. The zero-order valence-electron chi connectivity index (χ0n) is 13.6. The molecule has 20 heavy (non-hydrogen) atoms. The van der Waals surface area contributed by atoms with Crippen LogP contribution in [0.4, 0.5) is 0 Å². The van der Waals surface area contributed by atoms with Crippen LogP contribution in [-0.2, 0) is 14.7 Å². The highest BCUT2D eigenvalue weighted by Gasteiger charge is 2.52. The Hall–Kier alpha value is -0.995. The topological polar surface area (TPSA) is 38.7 Å². The maximum atomic E-state index is 10.1. The Kier molecular flexibility index (Phi) is 3.47. The molecular weight excluding hydrogens is 251 g/mol. The summed E-state index contributed by atoms with van der Waals surface area (Å²) in [5.74, 6) is 0.219. The Morgan fingerprint density at radius 3 is 1.95 bits per heavy atom. The van der Waals surface area contributed by atoms with Crippen molar-refractivity contribution in [2.75, 3.05) is 0 Å². The number of hydrogen-bond acceptors (Lipinski definition) is 3. The van der Waals surface area contributed by atoms with Crippen LogP contribution in [0.3, 0.4) is 0 Å². The second-order valence-corrected chi connectivity index (χ2v) is 7.61. The van der Waals surface area contributed by atoms with E-state index in [2.05, 4.69) is 20.8 Å². The highest BCUT2D eigenvalue weighted by atomic mass is 16.7. The fraction of sp³-hybridized carbons (Fsp3) is 0.625. The average molecular weight is 276 g/mol. The minimum Gasteiger partial charge on any atom is -0.508 e. The van der Waals surface area contributed by atoms with Gasteiger partial charge in [-0.05, 0) is 44.7 Å². The van der Waals surface area contributed by atoms with E-state index >= 15 is 0 Å². The molecule has 1 heterocycles. The van der Waals surface area contributed by atoms with Crippen LogP contribution < -0.4 is 5.46 Å². The van der Waals surface area contributed by atoms with Gasteiger partial charge in [0.2, 0.25) is 0 Å².